The lowest BCUT2D eigenvalue weighted by Crippen LogP contribution is -2.10. The van der Waals surface area contributed by atoms with Crippen LogP contribution in [0.4, 0.5) is 0 Å². The molecule has 0 aromatic carbocycles. The molecular weight excluding hydrogens is 68.0 g/mol. The van der Waals surface area contributed by atoms with Crippen LogP contribution in [0.5, 0.6) is 0 Å². The summed E-state index contributed by atoms with van der Waals surface area (Å²) in [6, 6.07) is -0.898. The van der Waals surface area contributed by atoms with Crippen molar-refractivity contribution < 1.29 is 13.1 Å². The second kappa shape index (κ2) is 1.58. The van der Waals surface area contributed by atoms with Gasteiger partial charge in [-0.25, -0.2) is 0 Å². The van der Waals surface area contributed by atoms with Crippen LogP contribution in [0.1, 0.15) is 4.11 Å². The van der Waals surface area contributed by atoms with Crippen molar-refractivity contribution in [2.24, 2.45) is 5.72 Å². The Morgan fingerprint density at radius 3 is 4.00 bits per heavy atom. The van der Waals surface area contributed by atoms with E-state index in [-0.39, 0.29) is 5.72 Å². The highest BCUT2D eigenvalue weighted by Gasteiger charge is 1.68. The highest BCUT2D eigenvalue weighted by molar-refractivity contribution is 5.67. The molecule has 0 aliphatic heterocycles. The van der Waals surface area contributed by atoms with Gasteiger partial charge in [0.15, 0.2) is 4.24 Å². The van der Waals surface area contributed by atoms with Crippen molar-refractivity contribution in [1.82, 2.24) is 0 Å². The molecule has 0 saturated carbocycles. The average Bonchev–Trinajstić information content (AvgIpc) is 1.80. The fourth-order valence-corrected chi connectivity index (χ4v) is 0. The number of methoxy groups -OCH3 is 1. The smallest absolute Gasteiger partial charge is 0.278 e. The topological polar surface area (TPSA) is 59.1 Å². The third-order valence-corrected chi connectivity index (χ3v) is 0.0913. The number of hydrogen-bond donors (Lipinski definition) is 2. The van der Waals surface area contributed by atoms with E-state index in [9.17, 15) is 0 Å². The van der Waals surface area contributed by atoms with Gasteiger partial charge in [0.1, 0.15) is 0 Å². The predicted molar refractivity (Wildman–Crippen MR) is 18.9 cm³/mol. The Bertz CT molecular complexity index is 151. The molecule has 0 aliphatic carbocycles. The van der Waals surface area contributed by atoms with E-state index in [1.807, 2.05) is 0 Å². The molecule has 0 bridgehead atoms. The first kappa shape index (κ1) is 0.531. The van der Waals surface area contributed by atoms with Crippen molar-refractivity contribution in [3.05, 3.63) is 0 Å². The summed E-state index contributed by atoms with van der Waals surface area (Å²) in [5.41, 5.74) is -0.195. The molecule has 0 rings (SSSR count). The van der Waals surface area contributed by atoms with Gasteiger partial charge in [-0.05, 0) is 0 Å². The lowest BCUT2D eigenvalue weighted by molar-refractivity contribution is 0.393. The van der Waals surface area contributed by atoms with E-state index in [0.717, 1.165) is 0 Å². The standard InChI is InChI=1S/C2H6N2O/c1-5-2(3)4/h1H3,(H3,3,4)/i1D3/hD3. The molecule has 3 nitrogen and oxygen atoms in total. The van der Waals surface area contributed by atoms with Crippen LogP contribution in [0, 0.1) is 5.40 Å². The molecular formula is C2H6N2O. The summed E-state index contributed by atoms with van der Waals surface area (Å²) in [6.07, 6.45) is 0. The van der Waals surface area contributed by atoms with Crippen LogP contribution in [0.3, 0.4) is 0 Å². The van der Waals surface area contributed by atoms with Gasteiger partial charge in [0.05, 0.1) is 11.2 Å². The van der Waals surface area contributed by atoms with Gasteiger partial charge in [-0.2, -0.15) is 0 Å². The first-order chi connectivity index (χ1) is 4.87. The molecule has 5 heavy (non-hydrogen) atoms. The maximum absolute atomic E-state index is 6.51. The number of ether oxygens (including phenoxy) is 1. The first-order valence-corrected chi connectivity index (χ1v) is 0.855. The Labute approximate surface area is 38.8 Å². The lowest BCUT2D eigenvalue weighted by Gasteiger charge is -1.85. The van der Waals surface area contributed by atoms with Gasteiger partial charge in [-0.3, -0.25) is 5.40 Å². The normalized spacial score (nSPS) is 30.0. The molecule has 30 valence electrons. The van der Waals surface area contributed by atoms with Crippen molar-refractivity contribution >= 4 is 6.02 Å². The fourth-order valence-electron chi connectivity index (χ4n) is 0. The minimum absolute atomic E-state index is 0.195. The highest BCUT2D eigenvalue weighted by Crippen LogP contribution is 1.50. The number of amidine groups is 1. The summed E-state index contributed by atoms with van der Waals surface area (Å²) in [5, 5.41) is 2.51. The molecule has 3 N–H and O–H groups in total. The minimum atomic E-state index is -2.78. The van der Waals surface area contributed by atoms with Crippen molar-refractivity contribution in [3.63, 3.8) is 0 Å². The summed E-state index contributed by atoms with van der Waals surface area (Å²) in [5.74, 6) is 0. The van der Waals surface area contributed by atoms with E-state index < -0.39 is 13.1 Å². The zero-order chi connectivity index (χ0) is 9.07. The summed E-state index contributed by atoms with van der Waals surface area (Å²) >= 11 is 0. The van der Waals surface area contributed by atoms with Crippen LogP contribution in [-0.2, 0) is 4.74 Å². The maximum atomic E-state index is 6.51. The largest absolute Gasteiger partial charge is 0.469 e. The molecule has 0 saturated heterocycles. The summed E-state index contributed by atoms with van der Waals surface area (Å²) in [4.78, 5) is 0. The van der Waals surface area contributed by atoms with Gasteiger partial charge in [0.25, 0.3) is 6.02 Å². The zero-order valence-corrected chi connectivity index (χ0v) is 2.30. The first-order valence-electron chi connectivity index (χ1n) is 3.70. The average molecular weight is 80.1 g/mol. The Hall–Kier alpha value is -0.730. The molecule has 0 fully saturated rings. The molecule has 0 aromatic heterocycles. The van der Waals surface area contributed by atoms with Crippen molar-refractivity contribution in [2.75, 3.05) is 7.04 Å². The Balaban J connectivity index is 4.12. The van der Waals surface area contributed by atoms with E-state index in [0.29, 0.717) is 0 Å². The Kier molecular flexibility index (Phi) is 0.167. The monoisotopic (exact) mass is 80.1 g/mol. The van der Waals surface area contributed by atoms with Gasteiger partial charge in [0, 0.05) is 0 Å². The quantitative estimate of drug-likeness (QED) is 0.305. The number of nitrogens with two attached hydrogens (primary N) is 1. The van der Waals surface area contributed by atoms with Gasteiger partial charge in [0.2, 0.25) is 0 Å². The van der Waals surface area contributed by atoms with E-state index in [4.69, 9.17) is 8.35 Å². The van der Waals surface area contributed by atoms with Gasteiger partial charge >= 0.3 is 0 Å². The molecule has 0 radical (unpaired) electrons. The second-order valence-corrected chi connectivity index (χ2v) is 0.385. The molecule has 3 heteroatoms. The van der Waals surface area contributed by atoms with Gasteiger partial charge in [-0.15, -0.1) is 0 Å². The predicted octanol–water partition coefficient (Wildman–Crippen LogP) is -0.474. The Morgan fingerprint density at radius 1 is 2.80 bits per heavy atom. The minimum Gasteiger partial charge on any atom is -0.469 e. The molecule has 0 unspecified atom stereocenters. The molecule has 0 aliphatic rings. The molecule has 0 heterocycles. The van der Waals surface area contributed by atoms with Crippen LogP contribution in [0.25, 0.3) is 0 Å². The number of rotatable bonds is 0. The second-order valence-electron chi connectivity index (χ2n) is 0.385. The number of nitrogens with one attached hydrogen (secondary N) is 1. The third-order valence-electron chi connectivity index (χ3n) is 0.0913. The molecule has 0 amide bonds. The summed E-state index contributed by atoms with van der Waals surface area (Å²) in [7, 11) is -2.78. The van der Waals surface area contributed by atoms with Crippen molar-refractivity contribution in [1.29, 1.82) is 5.40 Å². The fraction of sp³-hybridized carbons (Fsp3) is 0.500. The van der Waals surface area contributed by atoms with Crippen molar-refractivity contribution in [3.8, 4) is 0 Å². The highest BCUT2D eigenvalue weighted by atomic mass is 16.5. The maximum Gasteiger partial charge on any atom is 0.278 e. The van der Waals surface area contributed by atoms with E-state index in [1.165, 1.54) is 0 Å². The Morgan fingerprint density at radius 2 is 3.80 bits per heavy atom. The molecule has 0 atom stereocenters. The summed E-state index contributed by atoms with van der Waals surface area (Å²) < 4.78 is 42.8. The summed E-state index contributed by atoms with van der Waals surface area (Å²) in [6.45, 7) is 0. The zero-order valence-electron chi connectivity index (χ0n) is 8.30. The lowest BCUT2D eigenvalue weighted by atomic mass is 11.2. The molecule has 0 aromatic rings. The van der Waals surface area contributed by atoms with Crippen LogP contribution in [0.2, 0.25) is 4.24 Å². The molecule has 0 spiro atoms. The SMILES string of the molecule is [2H]N=C(OC([2H])([2H])[2H])N([2H])[2H]. The number of hydrogen-bond acceptors (Lipinski definition) is 2. The van der Waals surface area contributed by atoms with Crippen LogP contribution < -0.4 is 5.72 Å². The van der Waals surface area contributed by atoms with Crippen LogP contribution in [0.15, 0.2) is 0 Å². The van der Waals surface area contributed by atoms with Crippen LogP contribution in [-0.4, -0.2) is 13.1 Å². The van der Waals surface area contributed by atoms with Crippen molar-refractivity contribution in [2.45, 2.75) is 0 Å². The van der Waals surface area contributed by atoms with Crippen LogP contribution >= 0.6 is 0 Å². The van der Waals surface area contributed by atoms with E-state index in [1.54, 1.807) is 0 Å². The van der Waals surface area contributed by atoms with E-state index in [2.05, 4.69) is 10.1 Å². The van der Waals surface area contributed by atoms with Gasteiger partial charge < -0.3 is 10.5 Å². The third kappa shape index (κ3) is 3.27. The van der Waals surface area contributed by atoms with Gasteiger partial charge in [-0.1, -0.05) is 0 Å². The van der Waals surface area contributed by atoms with E-state index >= 15 is 0 Å².